The largest absolute Gasteiger partial charge is 0.467 e. The standard InChI is InChI=1S/C14H11ClFNO2/c15-14(12-2-1-5-19-12)9-6-8-3-4-13(18)17-11(8)7-10(9)16/h1-2,5-7,14H,3-4H2,(H,17,18). The summed E-state index contributed by atoms with van der Waals surface area (Å²) in [5, 5.41) is 1.99. The van der Waals surface area contributed by atoms with Crippen molar-refractivity contribution in [2.24, 2.45) is 0 Å². The minimum Gasteiger partial charge on any atom is -0.467 e. The molecule has 1 unspecified atom stereocenters. The Morgan fingerprint density at radius 1 is 1.37 bits per heavy atom. The molecule has 2 aromatic rings. The number of anilines is 1. The van der Waals surface area contributed by atoms with Crippen molar-refractivity contribution < 1.29 is 13.6 Å². The summed E-state index contributed by atoms with van der Waals surface area (Å²) < 4.78 is 19.3. The molecule has 1 aliphatic heterocycles. The topological polar surface area (TPSA) is 42.2 Å². The zero-order chi connectivity index (χ0) is 13.4. The van der Waals surface area contributed by atoms with Gasteiger partial charge in [0.15, 0.2) is 0 Å². The Bertz CT molecular complexity index is 625. The van der Waals surface area contributed by atoms with Gasteiger partial charge in [0.25, 0.3) is 0 Å². The predicted octanol–water partition coefficient (Wildman–Crippen LogP) is 3.63. The number of carbonyl (C=O) groups excluding carboxylic acids is 1. The maximum Gasteiger partial charge on any atom is 0.224 e. The van der Waals surface area contributed by atoms with Gasteiger partial charge >= 0.3 is 0 Å². The Balaban J connectivity index is 2.01. The number of hydrogen-bond donors (Lipinski definition) is 1. The molecule has 19 heavy (non-hydrogen) atoms. The molecule has 1 aromatic heterocycles. The highest BCUT2D eigenvalue weighted by molar-refractivity contribution is 6.22. The first kappa shape index (κ1) is 12.2. The molecule has 0 saturated carbocycles. The molecule has 1 N–H and O–H groups in total. The van der Waals surface area contributed by atoms with E-state index in [1.807, 2.05) is 0 Å². The zero-order valence-corrected chi connectivity index (χ0v) is 10.7. The lowest BCUT2D eigenvalue weighted by Crippen LogP contribution is -2.19. The summed E-state index contributed by atoms with van der Waals surface area (Å²) in [6.07, 6.45) is 2.50. The summed E-state index contributed by atoms with van der Waals surface area (Å²) in [7, 11) is 0. The fraction of sp³-hybridized carbons (Fsp3) is 0.214. The summed E-state index contributed by atoms with van der Waals surface area (Å²) in [6.45, 7) is 0. The van der Waals surface area contributed by atoms with Gasteiger partial charge < -0.3 is 9.73 Å². The van der Waals surface area contributed by atoms with Gasteiger partial charge in [-0.15, -0.1) is 11.6 Å². The normalized spacial score (nSPS) is 15.8. The molecule has 5 heteroatoms. The van der Waals surface area contributed by atoms with Crippen LogP contribution in [0.15, 0.2) is 34.9 Å². The van der Waals surface area contributed by atoms with E-state index in [0.29, 0.717) is 29.9 Å². The number of carbonyl (C=O) groups is 1. The van der Waals surface area contributed by atoms with Gasteiger partial charge in [0.05, 0.1) is 6.26 Å². The van der Waals surface area contributed by atoms with Crippen LogP contribution in [-0.2, 0) is 11.2 Å². The highest BCUT2D eigenvalue weighted by Gasteiger charge is 2.22. The summed E-state index contributed by atoms with van der Waals surface area (Å²) in [4.78, 5) is 11.3. The molecule has 3 nitrogen and oxygen atoms in total. The minimum atomic E-state index is -0.669. The summed E-state index contributed by atoms with van der Waals surface area (Å²) >= 11 is 6.23. The van der Waals surface area contributed by atoms with E-state index in [0.717, 1.165) is 5.56 Å². The average Bonchev–Trinajstić information content (AvgIpc) is 2.91. The van der Waals surface area contributed by atoms with E-state index in [2.05, 4.69) is 5.32 Å². The van der Waals surface area contributed by atoms with Crippen LogP contribution in [0, 0.1) is 5.82 Å². The molecular formula is C14H11ClFNO2. The molecule has 0 radical (unpaired) electrons. The second kappa shape index (κ2) is 4.70. The van der Waals surface area contributed by atoms with Crippen LogP contribution in [0.5, 0.6) is 0 Å². The Kier molecular flexibility index (Phi) is 3.03. The smallest absolute Gasteiger partial charge is 0.224 e. The number of aryl methyl sites for hydroxylation is 1. The Hall–Kier alpha value is -1.81. The molecule has 1 amide bonds. The number of furan rings is 1. The van der Waals surface area contributed by atoms with Gasteiger partial charge in [0.1, 0.15) is 17.0 Å². The number of fused-ring (bicyclic) bond motifs is 1. The van der Waals surface area contributed by atoms with Crippen molar-refractivity contribution in [1.29, 1.82) is 0 Å². The van der Waals surface area contributed by atoms with E-state index in [9.17, 15) is 9.18 Å². The highest BCUT2D eigenvalue weighted by Crippen LogP contribution is 2.35. The minimum absolute atomic E-state index is 0.0897. The Labute approximate surface area is 114 Å². The van der Waals surface area contributed by atoms with Gasteiger partial charge in [0, 0.05) is 17.7 Å². The molecule has 1 aromatic carbocycles. The first-order chi connectivity index (χ1) is 9.15. The van der Waals surface area contributed by atoms with Crippen LogP contribution in [0.25, 0.3) is 0 Å². The van der Waals surface area contributed by atoms with Crippen molar-refractivity contribution in [3.8, 4) is 0 Å². The quantitative estimate of drug-likeness (QED) is 0.853. The third-order valence-electron chi connectivity index (χ3n) is 3.18. The Morgan fingerprint density at radius 2 is 2.21 bits per heavy atom. The number of nitrogens with one attached hydrogen (secondary N) is 1. The van der Waals surface area contributed by atoms with Gasteiger partial charge in [0.2, 0.25) is 5.91 Å². The van der Waals surface area contributed by atoms with Gasteiger partial charge in [-0.1, -0.05) is 0 Å². The van der Waals surface area contributed by atoms with E-state index in [4.69, 9.17) is 16.0 Å². The summed E-state index contributed by atoms with van der Waals surface area (Å²) in [6, 6.07) is 6.43. The number of halogens is 2. The molecule has 0 aliphatic carbocycles. The molecular weight excluding hydrogens is 269 g/mol. The Morgan fingerprint density at radius 3 is 2.95 bits per heavy atom. The van der Waals surface area contributed by atoms with Crippen LogP contribution < -0.4 is 5.32 Å². The highest BCUT2D eigenvalue weighted by atomic mass is 35.5. The van der Waals surface area contributed by atoms with Gasteiger partial charge in [-0.2, -0.15) is 0 Å². The maximum absolute atomic E-state index is 14.1. The third kappa shape index (κ3) is 2.24. The fourth-order valence-corrected chi connectivity index (χ4v) is 2.50. The summed E-state index contributed by atoms with van der Waals surface area (Å²) in [5.74, 6) is -0.0363. The third-order valence-corrected chi connectivity index (χ3v) is 3.63. The molecule has 2 heterocycles. The molecule has 1 atom stereocenters. The molecule has 0 spiro atoms. The molecule has 0 saturated heterocycles. The van der Waals surface area contributed by atoms with Crippen molar-refractivity contribution in [2.45, 2.75) is 18.2 Å². The van der Waals surface area contributed by atoms with Crippen LogP contribution in [-0.4, -0.2) is 5.91 Å². The van der Waals surface area contributed by atoms with Crippen molar-refractivity contribution in [1.82, 2.24) is 0 Å². The molecule has 0 bridgehead atoms. The van der Waals surface area contributed by atoms with Crippen LogP contribution in [0.2, 0.25) is 0 Å². The number of rotatable bonds is 2. The maximum atomic E-state index is 14.1. The van der Waals surface area contributed by atoms with Crippen LogP contribution in [0.4, 0.5) is 10.1 Å². The van der Waals surface area contributed by atoms with Crippen molar-refractivity contribution in [3.05, 3.63) is 53.2 Å². The number of benzene rings is 1. The van der Waals surface area contributed by atoms with E-state index in [1.165, 1.54) is 12.3 Å². The first-order valence-electron chi connectivity index (χ1n) is 5.95. The SMILES string of the molecule is O=C1CCc2cc(C(Cl)c3ccco3)c(F)cc2N1. The lowest BCUT2D eigenvalue weighted by atomic mass is 9.98. The van der Waals surface area contributed by atoms with Gasteiger partial charge in [-0.25, -0.2) is 4.39 Å². The number of hydrogen-bond acceptors (Lipinski definition) is 2. The number of alkyl halides is 1. The molecule has 98 valence electrons. The molecule has 3 rings (SSSR count). The summed E-state index contributed by atoms with van der Waals surface area (Å²) in [5.41, 5.74) is 1.79. The van der Waals surface area contributed by atoms with Crippen molar-refractivity contribution in [2.75, 3.05) is 5.32 Å². The van der Waals surface area contributed by atoms with Gasteiger partial charge in [-0.05, 0) is 36.2 Å². The van der Waals surface area contributed by atoms with E-state index in [1.54, 1.807) is 18.2 Å². The van der Waals surface area contributed by atoms with Gasteiger partial charge in [-0.3, -0.25) is 4.79 Å². The first-order valence-corrected chi connectivity index (χ1v) is 6.38. The van der Waals surface area contributed by atoms with Crippen molar-refractivity contribution >= 4 is 23.2 Å². The lowest BCUT2D eigenvalue weighted by Gasteiger charge is -2.19. The van der Waals surface area contributed by atoms with E-state index >= 15 is 0 Å². The fourth-order valence-electron chi connectivity index (χ4n) is 2.20. The molecule has 1 aliphatic rings. The monoisotopic (exact) mass is 279 g/mol. The van der Waals surface area contributed by atoms with E-state index in [-0.39, 0.29) is 5.91 Å². The van der Waals surface area contributed by atoms with Crippen LogP contribution in [0.3, 0.4) is 0 Å². The second-order valence-electron chi connectivity index (χ2n) is 4.46. The molecule has 0 fully saturated rings. The predicted molar refractivity (Wildman–Crippen MR) is 69.8 cm³/mol. The van der Waals surface area contributed by atoms with Crippen LogP contribution in [0.1, 0.15) is 28.7 Å². The van der Waals surface area contributed by atoms with Crippen molar-refractivity contribution in [3.63, 3.8) is 0 Å². The van der Waals surface area contributed by atoms with E-state index < -0.39 is 11.2 Å². The number of amides is 1. The van der Waals surface area contributed by atoms with Crippen LogP contribution >= 0.6 is 11.6 Å². The average molecular weight is 280 g/mol. The zero-order valence-electron chi connectivity index (χ0n) is 9.95. The second-order valence-corrected chi connectivity index (χ2v) is 4.89. The lowest BCUT2D eigenvalue weighted by molar-refractivity contribution is -0.116.